The summed E-state index contributed by atoms with van der Waals surface area (Å²) in [6, 6.07) is 7.83. The van der Waals surface area contributed by atoms with Crippen LogP contribution in [0.25, 0.3) is 0 Å². The summed E-state index contributed by atoms with van der Waals surface area (Å²) >= 11 is 0. The molecule has 6 nitrogen and oxygen atoms in total. The largest absolute Gasteiger partial charge is 0.481 e. The normalized spacial score (nSPS) is 15.0. The van der Waals surface area contributed by atoms with Gasteiger partial charge in [-0.15, -0.1) is 0 Å². The molecule has 1 aromatic carbocycles. The Morgan fingerprint density at radius 2 is 2.08 bits per heavy atom. The Labute approximate surface area is 142 Å². The first kappa shape index (κ1) is 16.5. The third-order valence-electron chi connectivity index (χ3n) is 4.26. The highest BCUT2D eigenvalue weighted by atomic mass is 16.5. The van der Waals surface area contributed by atoms with Gasteiger partial charge in [-0.25, -0.2) is 0 Å². The topological polar surface area (TPSA) is 79.0 Å². The smallest absolute Gasteiger partial charge is 0.266 e. The first-order valence-corrected chi connectivity index (χ1v) is 8.39. The molecule has 1 atom stereocenters. The minimum absolute atomic E-state index is 0.201. The van der Waals surface area contributed by atoms with Crippen LogP contribution in [0, 0.1) is 0 Å². The number of fused-ring (bicyclic) bond motifs is 1. The van der Waals surface area contributed by atoms with Gasteiger partial charge in [0, 0.05) is 30.8 Å². The van der Waals surface area contributed by atoms with E-state index in [9.17, 15) is 4.79 Å². The molecule has 0 spiro atoms. The molecule has 1 aromatic heterocycles. The zero-order valence-corrected chi connectivity index (χ0v) is 14.3. The van der Waals surface area contributed by atoms with Gasteiger partial charge < -0.3 is 15.4 Å². The number of amides is 1. The van der Waals surface area contributed by atoms with Crippen LogP contribution in [-0.4, -0.2) is 28.8 Å². The number of carbonyl (C=O) groups excluding carboxylic acids is 1. The molecule has 6 heteroatoms. The lowest BCUT2D eigenvalue weighted by atomic mass is 10.0. The first-order chi connectivity index (χ1) is 11.6. The number of anilines is 1. The van der Waals surface area contributed by atoms with E-state index < -0.39 is 6.10 Å². The number of benzene rings is 1. The molecule has 1 amide bonds. The van der Waals surface area contributed by atoms with Gasteiger partial charge in [-0.05, 0) is 24.5 Å². The fourth-order valence-corrected chi connectivity index (χ4v) is 2.86. The molecule has 0 saturated carbocycles. The fourth-order valence-electron chi connectivity index (χ4n) is 2.86. The van der Waals surface area contributed by atoms with Crippen LogP contribution in [0.5, 0.6) is 5.75 Å². The third-order valence-corrected chi connectivity index (χ3v) is 4.26. The van der Waals surface area contributed by atoms with Crippen LogP contribution in [0.3, 0.4) is 0 Å². The monoisotopic (exact) mass is 328 g/mol. The molecule has 128 valence electrons. The molecule has 3 rings (SSSR count). The molecular formula is C18H24N4O2. The van der Waals surface area contributed by atoms with E-state index >= 15 is 0 Å². The number of aromatic nitrogens is 2. The number of para-hydroxylation sites is 1. The number of nitrogens with zero attached hydrogens (tertiary/aromatic N) is 1. The average molecular weight is 328 g/mol. The van der Waals surface area contributed by atoms with Crippen molar-refractivity contribution in [3.63, 3.8) is 0 Å². The van der Waals surface area contributed by atoms with Crippen LogP contribution in [0.2, 0.25) is 0 Å². The van der Waals surface area contributed by atoms with Crippen molar-refractivity contribution in [2.24, 2.45) is 0 Å². The van der Waals surface area contributed by atoms with Crippen LogP contribution in [0.1, 0.15) is 43.5 Å². The Morgan fingerprint density at radius 3 is 2.88 bits per heavy atom. The maximum atomic E-state index is 12.5. The molecule has 1 aliphatic rings. The highest BCUT2D eigenvalue weighted by molar-refractivity contribution is 5.94. The number of nitrogens with one attached hydrogen (secondary N) is 3. The van der Waals surface area contributed by atoms with Gasteiger partial charge in [0.25, 0.3) is 5.91 Å². The maximum Gasteiger partial charge on any atom is 0.266 e. The van der Waals surface area contributed by atoms with Crippen LogP contribution in [0.4, 0.5) is 5.82 Å². The molecular weight excluding hydrogens is 304 g/mol. The number of hydrogen-bond acceptors (Lipinski definition) is 4. The van der Waals surface area contributed by atoms with E-state index in [1.165, 1.54) is 0 Å². The Morgan fingerprint density at radius 1 is 1.29 bits per heavy atom. The fraction of sp³-hybridized carbons (Fsp3) is 0.444. The maximum absolute atomic E-state index is 12.5. The molecule has 0 fully saturated rings. The zero-order chi connectivity index (χ0) is 17.1. The van der Waals surface area contributed by atoms with Crippen molar-refractivity contribution in [1.29, 1.82) is 0 Å². The lowest BCUT2D eigenvalue weighted by Crippen LogP contribution is -2.31. The Balaban J connectivity index is 1.68. The highest BCUT2D eigenvalue weighted by Gasteiger charge is 2.22. The molecule has 2 aromatic rings. The van der Waals surface area contributed by atoms with E-state index in [4.69, 9.17) is 4.74 Å². The number of hydrogen-bond donors (Lipinski definition) is 3. The SMILES string of the molecule is CC(Oc1ccccc1C(C)C)C(=O)Nc1n[nH]c2c1CNCC2. The zero-order valence-electron chi connectivity index (χ0n) is 14.3. The number of H-pyrrole nitrogens is 1. The predicted octanol–water partition coefficient (Wildman–Crippen LogP) is 2.58. The summed E-state index contributed by atoms with van der Waals surface area (Å²) in [5.74, 6) is 1.48. The Kier molecular flexibility index (Phi) is 4.85. The molecule has 0 saturated heterocycles. The van der Waals surface area contributed by atoms with E-state index in [1.54, 1.807) is 6.92 Å². The molecule has 0 bridgehead atoms. The summed E-state index contributed by atoms with van der Waals surface area (Å²) in [5, 5.41) is 13.4. The van der Waals surface area contributed by atoms with Crippen molar-refractivity contribution in [1.82, 2.24) is 15.5 Å². The summed E-state index contributed by atoms with van der Waals surface area (Å²) in [6.07, 6.45) is 0.292. The second kappa shape index (κ2) is 7.05. The molecule has 0 aliphatic carbocycles. The van der Waals surface area contributed by atoms with Gasteiger partial charge in [0.1, 0.15) is 5.75 Å². The number of rotatable bonds is 5. The summed E-state index contributed by atoms with van der Waals surface area (Å²) in [6.45, 7) is 7.61. The van der Waals surface area contributed by atoms with E-state index in [0.717, 1.165) is 35.5 Å². The lowest BCUT2D eigenvalue weighted by molar-refractivity contribution is -0.122. The van der Waals surface area contributed by atoms with Gasteiger partial charge in [0.2, 0.25) is 0 Å². The van der Waals surface area contributed by atoms with Gasteiger partial charge in [-0.1, -0.05) is 32.0 Å². The predicted molar refractivity (Wildman–Crippen MR) is 93.2 cm³/mol. The molecule has 2 heterocycles. The van der Waals surface area contributed by atoms with E-state index in [-0.39, 0.29) is 5.91 Å². The molecule has 3 N–H and O–H groups in total. The van der Waals surface area contributed by atoms with Crippen molar-refractivity contribution < 1.29 is 9.53 Å². The minimum Gasteiger partial charge on any atom is -0.481 e. The molecule has 24 heavy (non-hydrogen) atoms. The van der Waals surface area contributed by atoms with Crippen molar-refractivity contribution in [2.45, 2.75) is 45.8 Å². The van der Waals surface area contributed by atoms with Crippen molar-refractivity contribution in [2.75, 3.05) is 11.9 Å². The van der Waals surface area contributed by atoms with Gasteiger partial charge in [-0.2, -0.15) is 5.10 Å². The number of ether oxygens (including phenoxy) is 1. The van der Waals surface area contributed by atoms with Crippen molar-refractivity contribution in [3.05, 3.63) is 41.1 Å². The third kappa shape index (κ3) is 3.43. The summed E-state index contributed by atoms with van der Waals surface area (Å²) in [5.41, 5.74) is 3.21. The Hall–Kier alpha value is -2.34. The van der Waals surface area contributed by atoms with E-state index in [1.807, 2.05) is 24.3 Å². The summed E-state index contributed by atoms with van der Waals surface area (Å²) in [7, 11) is 0. The second-order valence-corrected chi connectivity index (χ2v) is 6.40. The lowest BCUT2D eigenvalue weighted by Gasteiger charge is -2.19. The average Bonchev–Trinajstić information content (AvgIpc) is 2.98. The van der Waals surface area contributed by atoms with Gasteiger partial charge in [-0.3, -0.25) is 9.89 Å². The highest BCUT2D eigenvalue weighted by Crippen LogP contribution is 2.27. The number of aromatic amines is 1. The quantitative estimate of drug-likeness (QED) is 0.788. The van der Waals surface area contributed by atoms with Crippen molar-refractivity contribution >= 4 is 11.7 Å². The standard InChI is InChI=1S/C18H24N4O2/c1-11(2)13-6-4-5-7-16(13)24-12(3)18(23)20-17-14-10-19-9-8-15(14)21-22-17/h4-7,11-12,19H,8-10H2,1-3H3,(H2,20,21,22,23). The minimum atomic E-state index is -0.603. The summed E-state index contributed by atoms with van der Waals surface area (Å²) in [4.78, 5) is 12.5. The second-order valence-electron chi connectivity index (χ2n) is 6.40. The van der Waals surface area contributed by atoms with Gasteiger partial charge >= 0.3 is 0 Å². The number of carbonyl (C=O) groups is 1. The summed E-state index contributed by atoms with van der Waals surface area (Å²) < 4.78 is 5.90. The van der Waals surface area contributed by atoms with Crippen LogP contribution in [-0.2, 0) is 17.8 Å². The van der Waals surface area contributed by atoms with Crippen LogP contribution >= 0.6 is 0 Å². The molecule has 0 radical (unpaired) electrons. The van der Waals surface area contributed by atoms with Crippen LogP contribution < -0.4 is 15.4 Å². The van der Waals surface area contributed by atoms with E-state index in [0.29, 0.717) is 18.3 Å². The van der Waals surface area contributed by atoms with Gasteiger partial charge in [0.05, 0.1) is 0 Å². The van der Waals surface area contributed by atoms with Crippen molar-refractivity contribution in [3.8, 4) is 5.75 Å². The van der Waals surface area contributed by atoms with Gasteiger partial charge in [0.15, 0.2) is 11.9 Å². The molecule has 1 aliphatic heterocycles. The van der Waals surface area contributed by atoms with Crippen LogP contribution in [0.15, 0.2) is 24.3 Å². The molecule has 1 unspecified atom stereocenters. The van der Waals surface area contributed by atoms with E-state index in [2.05, 4.69) is 34.7 Å². The Bertz CT molecular complexity index is 724. The first-order valence-electron chi connectivity index (χ1n) is 8.39.